The molecule has 1 aliphatic rings. The van der Waals surface area contributed by atoms with Gasteiger partial charge >= 0.3 is 0 Å². The summed E-state index contributed by atoms with van der Waals surface area (Å²) in [6, 6.07) is 10.2. The second-order valence-corrected chi connectivity index (χ2v) is 5.05. The molecule has 0 saturated carbocycles. The van der Waals surface area contributed by atoms with E-state index in [1.807, 2.05) is 18.2 Å². The van der Waals surface area contributed by atoms with Gasteiger partial charge in [0, 0.05) is 12.2 Å². The van der Waals surface area contributed by atoms with E-state index in [0.29, 0.717) is 31.2 Å². The highest BCUT2D eigenvalue weighted by Gasteiger charge is 2.14. The van der Waals surface area contributed by atoms with Gasteiger partial charge < -0.3 is 14.8 Å². The molecular weight excluding hydrogens is 285 g/mol. The number of anilines is 1. The number of carbonyl (C=O) groups is 1. The number of carbonyl (C=O) groups excluding carboxylic acids is 1. The Kier molecular flexibility index (Phi) is 3.96. The van der Waals surface area contributed by atoms with Crippen LogP contribution in [0.3, 0.4) is 0 Å². The summed E-state index contributed by atoms with van der Waals surface area (Å²) in [7, 11) is 0. The number of rotatable bonds is 4. The standard InChI is InChI=1S/C17H16FNO3/c1-11(20)17-13(18)3-2-4-14(17)19-10-12-5-6-15-16(9-12)22-8-7-21-15/h2-6,9,19H,7-8,10H2,1H3. The van der Waals surface area contributed by atoms with Crippen molar-refractivity contribution in [3.8, 4) is 11.5 Å². The van der Waals surface area contributed by atoms with Crippen molar-refractivity contribution < 1.29 is 18.7 Å². The van der Waals surface area contributed by atoms with Crippen molar-refractivity contribution in [2.45, 2.75) is 13.5 Å². The topological polar surface area (TPSA) is 47.6 Å². The van der Waals surface area contributed by atoms with E-state index in [9.17, 15) is 9.18 Å². The number of ether oxygens (including phenoxy) is 2. The number of ketones is 1. The van der Waals surface area contributed by atoms with E-state index < -0.39 is 5.82 Å². The largest absolute Gasteiger partial charge is 0.486 e. The van der Waals surface area contributed by atoms with Crippen molar-refractivity contribution in [2.24, 2.45) is 0 Å². The molecule has 0 unspecified atom stereocenters. The number of hydrogen-bond acceptors (Lipinski definition) is 4. The molecular formula is C17H16FNO3. The Labute approximate surface area is 127 Å². The SMILES string of the molecule is CC(=O)c1c(F)cccc1NCc1ccc2c(c1)OCCO2. The molecule has 1 N–H and O–H groups in total. The van der Waals surface area contributed by atoms with Crippen LogP contribution in [0.5, 0.6) is 11.5 Å². The van der Waals surface area contributed by atoms with Crippen molar-refractivity contribution in [3.63, 3.8) is 0 Å². The number of nitrogens with one attached hydrogen (secondary N) is 1. The lowest BCUT2D eigenvalue weighted by Crippen LogP contribution is -2.15. The summed E-state index contributed by atoms with van der Waals surface area (Å²) in [5.74, 6) is 0.615. The summed E-state index contributed by atoms with van der Waals surface area (Å²) >= 11 is 0. The van der Waals surface area contributed by atoms with Crippen molar-refractivity contribution in [2.75, 3.05) is 18.5 Å². The highest BCUT2D eigenvalue weighted by atomic mass is 19.1. The van der Waals surface area contributed by atoms with Gasteiger partial charge in [0.15, 0.2) is 17.3 Å². The van der Waals surface area contributed by atoms with Crippen LogP contribution < -0.4 is 14.8 Å². The molecule has 0 aliphatic carbocycles. The molecule has 0 spiro atoms. The van der Waals surface area contributed by atoms with Gasteiger partial charge in [-0.1, -0.05) is 12.1 Å². The molecule has 22 heavy (non-hydrogen) atoms. The fourth-order valence-electron chi connectivity index (χ4n) is 2.42. The Morgan fingerprint density at radius 3 is 2.73 bits per heavy atom. The van der Waals surface area contributed by atoms with Gasteiger partial charge in [-0.2, -0.15) is 0 Å². The predicted molar refractivity (Wildman–Crippen MR) is 81.2 cm³/mol. The maximum atomic E-state index is 13.8. The predicted octanol–water partition coefficient (Wildman–Crippen LogP) is 3.41. The Morgan fingerprint density at radius 2 is 1.95 bits per heavy atom. The molecule has 114 valence electrons. The molecule has 1 heterocycles. The Morgan fingerprint density at radius 1 is 1.18 bits per heavy atom. The molecule has 2 aromatic rings. The number of hydrogen-bond donors (Lipinski definition) is 1. The number of halogens is 1. The van der Waals surface area contributed by atoms with Crippen molar-refractivity contribution >= 4 is 11.5 Å². The normalized spacial score (nSPS) is 12.8. The van der Waals surface area contributed by atoms with Crippen molar-refractivity contribution in [3.05, 3.63) is 53.3 Å². The fraction of sp³-hybridized carbons (Fsp3) is 0.235. The summed E-state index contributed by atoms with van der Waals surface area (Å²) < 4.78 is 24.8. The van der Waals surface area contributed by atoms with Crippen molar-refractivity contribution in [1.82, 2.24) is 0 Å². The third-order valence-corrected chi connectivity index (χ3v) is 3.46. The molecule has 2 aromatic carbocycles. The highest BCUT2D eigenvalue weighted by molar-refractivity contribution is 5.99. The molecule has 0 amide bonds. The second-order valence-electron chi connectivity index (χ2n) is 5.05. The molecule has 0 fully saturated rings. The molecule has 0 bridgehead atoms. The van der Waals surface area contributed by atoms with E-state index in [-0.39, 0.29) is 11.3 Å². The Balaban J connectivity index is 1.78. The van der Waals surface area contributed by atoms with Crippen LogP contribution in [0.1, 0.15) is 22.8 Å². The molecule has 0 aromatic heterocycles. The van der Waals surface area contributed by atoms with Crippen LogP contribution in [0.2, 0.25) is 0 Å². The van der Waals surface area contributed by atoms with Gasteiger partial charge in [0.05, 0.1) is 5.56 Å². The first kappa shape index (κ1) is 14.4. The minimum Gasteiger partial charge on any atom is -0.486 e. The zero-order valence-corrected chi connectivity index (χ0v) is 12.2. The molecule has 3 rings (SSSR count). The fourth-order valence-corrected chi connectivity index (χ4v) is 2.42. The smallest absolute Gasteiger partial charge is 0.164 e. The molecule has 1 aliphatic heterocycles. The molecule has 0 atom stereocenters. The average Bonchev–Trinajstić information content (AvgIpc) is 2.52. The van der Waals surface area contributed by atoms with Crippen LogP contribution in [0.25, 0.3) is 0 Å². The van der Waals surface area contributed by atoms with Gasteiger partial charge in [0.25, 0.3) is 0 Å². The van der Waals surface area contributed by atoms with E-state index in [2.05, 4.69) is 5.32 Å². The van der Waals surface area contributed by atoms with E-state index in [0.717, 1.165) is 11.3 Å². The summed E-state index contributed by atoms with van der Waals surface area (Å²) in [5, 5.41) is 3.10. The quantitative estimate of drug-likeness (QED) is 0.879. The molecule has 5 heteroatoms. The van der Waals surface area contributed by atoms with Crippen LogP contribution in [-0.4, -0.2) is 19.0 Å². The average molecular weight is 301 g/mol. The maximum Gasteiger partial charge on any atom is 0.164 e. The van der Waals surface area contributed by atoms with Gasteiger partial charge in [-0.3, -0.25) is 4.79 Å². The maximum absolute atomic E-state index is 13.8. The highest BCUT2D eigenvalue weighted by Crippen LogP contribution is 2.31. The summed E-state index contributed by atoms with van der Waals surface area (Å²) in [6.07, 6.45) is 0. The number of Topliss-reactive ketones (excluding diaryl/α,β-unsaturated/α-hetero) is 1. The van der Waals surface area contributed by atoms with Gasteiger partial charge in [-0.05, 0) is 36.8 Å². The van der Waals surface area contributed by atoms with Crippen LogP contribution in [0.4, 0.5) is 10.1 Å². The first-order valence-electron chi connectivity index (χ1n) is 7.07. The van der Waals surface area contributed by atoms with Gasteiger partial charge in [0.2, 0.25) is 0 Å². The van der Waals surface area contributed by atoms with E-state index in [1.165, 1.54) is 13.0 Å². The summed E-state index contributed by atoms with van der Waals surface area (Å²) in [4.78, 5) is 11.6. The third-order valence-electron chi connectivity index (χ3n) is 3.46. The number of fused-ring (bicyclic) bond motifs is 1. The monoisotopic (exact) mass is 301 g/mol. The minimum atomic E-state index is -0.514. The van der Waals surface area contributed by atoms with E-state index in [4.69, 9.17) is 9.47 Å². The Bertz CT molecular complexity index is 715. The first-order valence-corrected chi connectivity index (χ1v) is 7.07. The molecule has 0 saturated heterocycles. The third kappa shape index (κ3) is 2.88. The first-order chi connectivity index (χ1) is 10.6. The van der Waals surface area contributed by atoms with E-state index >= 15 is 0 Å². The van der Waals surface area contributed by atoms with Crippen LogP contribution in [-0.2, 0) is 6.54 Å². The van der Waals surface area contributed by atoms with Gasteiger partial charge in [0.1, 0.15) is 19.0 Å². The molecule has 0 radical (unpaired) electrons. The van der Waals surface area contributed by atoms with E-state index in [1.54, 1.807) is 12.1 Å². The zero-order chi connectivity index (χ0) is 15.5. The zero-order valence-electron chi connectivity index (χ0n) is 12.2. The molecule has 4 nitrogen and oxygen atoms in total. The second kappa shape index (κ2) is 6.05. The van der Waals surface area contributed by atoms with Gasteiger partial charge in [-0.15, -0.1) is 0 Å². The Hall–Kier alpha value is -2.56. The van der Waals surface area contributed by atoms with Crippen molar-refractivity contribution in [1.29, 1.82) is 0 Å². The lowest BCUT2D eigenvalue weighted by Gasteiger charge is -2.19. The number of benzene rings is 2. The minimum absolute atomic E-state index is 0.0834. The lowest BCUT2D eigenvalue weighted by atomic mass is 10.1. The van der Waals surface area contributed by atoms with Gasteiger partial charge in [-0.25, -0.2) is 4.39 Å². The summed E-state index contributed by atoms with van der Waals surface area (Å²) in [6.45, 7) is 2.90. The summed E-state index contributed by atoms with van der Waals surface area (Å²) in [5.41, 5.74) is 1.53. The lowest BCUT2D eigenvalue weighted by molar-refractivity contribution is 0.101. The van der Waals surface area contributed by atoms with Crippen LogP contribution in [0, 0.1) is 5.82 Å². The van der Waals surface area contributed by atoms with Crippen LogP contribution >= 0.6 is 0 Å². The van der Waals surface area contributed by atoms with Crippen LogP contribution in [0.15, 0.2) is 36.4 Å².